The Labute approximate surface area is 284 Å². The number of benzene rings is 2. The van der Waals surface area contributed by atoms with Crippen LogP contribution in [0.3, 0.4) is 0 Å². The molecule has 0 aromatic heterocycles. The van der Waals surface area contributed by atoms with E-state index in [4.69, 9.17) is 4.74 Å². The van der Waals surface area contributed by atoms with Gasteiger partial charge in [-0.15, -0.1) is 0 Å². The van der Waals surface area contributed by atoms with Crippen molar-refractivity contribution >= 4 is 41.9 Å². The number of carbonyl (C=O) groups is 2. The minimum Gasteiger partial charge on any atom is -0.747 e. The van der Waals surface area contributed by atoms with Gasteiger partial charge in [0.05, 0.1) is 4.91 Å². The van der Waals surface area contributed by atoms with Gasteiger partial charge in [0.25, 0.3) is 4.93 Å². The van der Waals surface area contributed by atoms with E-state index in [2.05, 4.69) is 0 Å². The third-order valence-corrected chi connectivity index (χ3v) is 9.03. The van der Waals surface area contributed by atoms with Gasteiger partial charge in [0.2, 0.25) is 0 Å². The fourth-order valence-corrected chi connectivity index (χ4v) is 8.15. The van der Waals surface area contributed by atoms with Crippen molar-refractivity contribution in [3.63, 3.8) is 0 Å². The molecular weight excluding hydrogens is 597 g/mol. The topological polar surface area (TPSA) is 215 Å². The fraction of sp³-hybridized carbons (Fsp3) is 0.100. The largest absolute Gasteiger partial charge is 1.00 e. The molecule has 0 fully saturated rings. The van der Waals surface area contributed by atoms with Crippen LogP contribution in [-0.2, 0) is 30.4 Å². The molecule has 0 aliphatic heterocycles. The number of hydrogen-bond acceptors (Lipinski definition) is 12. The second-order valence-electron chi connectivity index (χ2n) is 7.40. The summed E-state index contributed by atoms with van der Waals surface area (Å²) in [6.07, 6.45) is 0.105. The van der Waals surface area contributed by atoms with E-state index < -0.39 is 79.5 Å². The number of para-hydroxylation sites is 1. The van der Waals surface area contributed by atoms with Crippen molar-refractivity contribution < 1.29 is 142 Å². The van der Waals surface area contributed by atoms with Gasteiger partial charge in [0, 0.05) is 22.3 Å². The van der Waals surface area contributed by atoms with E-state index in [1.54, 1.807) is 0 Å². The maximum Gasteiger partial charge on any atom is 1.00 e. The number of fused-ring (bicyclic) bond motifs is 1. The molecule has 0 saturated heterocycles. The van der Waals surface area contributed by atoms with Gasteiger partial charge in [-0.2, -0.15) is 0 Å². The summed E-state index contributed by atoms with van der Waals surface area (Å²) in [7, 11) is -18.7. The van der Waals surface area contributed by atoms with E-state index in [1.807, 2.05) is 0 Å². The first-order chi connectivity index (χ1) is 16.1. The van der Waals surface area contributed by atoms with Crippen LogP contribution in [0.25, 0.3) is 0 Å². The molecule has 0 spiro atoms. The summed E-state index contributed by atoms with van der Waals surface area (Å²) in [5.41, 5.74) is -3.11. The summed E-state index contributed by atoms with van der Waals surface area (Å²) in [5, 5.41) is -3.42. The van der Waals surface area contributed by atoms with Crippen molar-refractivity contribution in [2.75, 3.05) is 0 Å². The van der Waals surface area contributed by atoms with E-state index in [0.29, 0.717) is 0 Å². The summed E-state index contributed by atoms with van der Waals surface area (Å²) in [5.74, 6) is -3.15. The minimum absolute atomic E-state index is 0. The van der Waals surface area contributed by atoms with Gasteiger partial charge < -0.3 is 18.4 Å². The van der Waals surface area contributed by atoms with Gasteiger partial charge >= 0.3 is 88.7 Å². The number of ketones is 2. The maximum atomic E-state index is 13.3. The zero-order chi connectivity index (χ0) is 26.0. The Morgan fingerprint density at radius 1 is 0.711 bits per heavy atom. The van der Waals surface area contributed by atoms with E-state index in [0.717, 1.165) is 24.3 Å². The fourth-order valence-electron chi connectivity index (χ4n) is 4.02. The molecule has 2 aliphatic rings. The maximum absolute atomic E-state index is 13.3. The van der Waals surface area contributed by atoms with Gasteiger partial charge in [0.1, 0.15) is 41.4 Å². The number of hydrogen-bond donors (Lipinski definition) is 0. The van der Waals surface area contributed by atoms with E-state index in [1.165, 1.54) is 30.3 Å². The third-order valence-electron chi connectivity index (χ3n) is 5.36. The zero-order valence-corrected chi connectivity index (χ0v) is 28.4. The molecule has 0 saturated carbocycles. The monoisotopic (exact) mass is 608 g/mol. The Morgan fingerprint density at radius 3 is 1.63 bits per heavy atom. The van der Waals surface area contributed by atoms with Crippen LogP contribution in [0.1, 0.15) is 20.7 Å². The first-order valence-corrected chi connectivity index (χ1v) is 13.6. The molecule has 4 rings (SSSR count). The molecule has 12 nitrogen and oxygen atoms in total. The van der Waals surface area contributed by atoms with Gasteiger partial charge in [-0.25, -0.2) is 25.3 Å². The quantitative estimate of drug-likeness (QED) is 0.229. The molecule has 2 aromatic carbocycles. The van der Waals surface area contributed by atoms with Crippen LogP contribution in [0.2, 0.25) is 0 Å². The minimum atomic E-state index is -6.42. The second-order valence-corrected chi connectivity index (χ2v) is 11.7. The molecule has 18 heteroatoms. The Bertz CT molecular complexity index is 1680. The van der Waals surface area contributed by atoms with Crippen LogP contribution in [0.15, 0.2) is 76.7 Å². The molecule has 2 aliphatic carbocycles. The van der Waals surface area contributed by atoms with Crippen molar-refractivity contribution in [1.82, 2.24) is 0 Å². The zero-order valence-electron chi connectivity index (χ0n) is 20.0. The Kier molecular flexibility index (Phi) is 11.6. The normalized spacial score (nSPS) is 21.0. The molecule has 0 radical (unpaired) electrons. The van der Waals surface area contributed by atoms with Gasteiger partial charge in [-0.05, 0) is 18.2 Å². The summed E-state index contributed by atoms with van der Waals surface area (Å²) < 4.78 is 117. The van der Waals surface area contributed by atoms with Crippen molar-refractivity contribution in [3.05, 3.63) is 87.9 Å². The van der Waals surface area contributed by atoms with Crippen LogP contribution in [0.4, 0.5) is 0 Å². The van der Waals surface area contributed by atoms with E-state index >= 15 is 0 Å². The van der Waals surface area contributed by atoms with Crippen LogP contribution in [0.5, 0.6) is 5.75 Å². The molecule has 2 atom stereocenters. The predicted octanol–water partition coefficient (Wildman–Crippen LogP) is -8.95. The Hall–Kier alpha value is -0.210. The first kappa shape index (κ1) is 35.8. The molecule has 0 amide bonds. The van der Waals surface area contributed by atoms with Crippen molar-refractivity contribution in [3.8, 4) is 5.75 Å². The van der Waals surface area contributed by atoms with Crippen molar-refractivity contribution in [1.29, 1.82) is 0 Å². The number of ether oxygens (including phenoxy) is 1. The first-order valence-electron chi connectivity index (χ1n) is 9.35. The molecule has 0 heterocycles. The molecule has 0 bridgehead atoms. The second kappa shape index (κ2) is 12.3. The van der Waals surface area contributed by atoms with E-state index in [9.17, 15) is 48.5 Å². The molecule has 2 aromatic rings. The number of Topliss-reactive ketones (excluding diaryl/α,β-unsaturated/α-hetero) is 2. The average Bonchev–Trinajstić information content (AvgIpc) is 2.75. The van der Waals surface area contributed by atoms with Gasteiger partial charge in [-0.3, -0.25) is 9.59 Å². The van der Waals surface area contributed by atoms with Gasteiger partial charge in [-0.1, -0.05) is 42.5 Å². The van der Waals surface area contributed by atoms with E-state index in [-0.39, 0.29) is 100 Å². The predicted molar refractivity (Wildman–Crippen MR) is 113 cm³/mol. The number of carbonyl (C=O) groups excluding carboxylic acids is 2. The van der Waals surface area contributed by atoms with Crippen LogP contribution in [0, 0.1) is 0 Å². The summed E-state index contributed by atoms with van der Waals surface area (Å²) in [6, 6.07) is 10.6. The number of rotatable bonds is 5. The van der Waals surface area contributed by atoms with Crippen molar-refractivity contribution in [2.45, 2.75) is 10.2 Å². The SMILES string of the molecule is O=C1C2=C(C(=O)c3ccccc31)C(S(=O)(=O)[O-])C(Oc1ccccc1)(S(=O)(=O)[O-])C(S(=O)(=O)[O-])=C2.[Na+].[Na+].[Na+]. The van der Waals surface area contributed by atoms with Crippen LogP contribution in [-0.4, -0.2) is 60.7 Å². The molecule has 38 heavy (non-hydrogen) atoms. The molecular formula is C20H11Na3O12S3. The standard InChI is InChI=1S/C20H14O12S3.3Na/c21-17-12-8-4-5-9-13(12)18(22)16-14(17)10-15(33(23,24)25)20(35(29,30)31,19(16)34(26,27)28)32-11-6-2-1-3-7-11;;;/h1-10,19H,(H,23,24,25)(H,26,27,28)(H,29,30,31);;;/q;3*+1/p-3. The van der Waals surface area contributed by atoms with Crippen LogP contribution >= 0.6 is 0 Å². The number of allylic oxidation sites excluding steroid dienone is 2. The summed E-state index contributed by atoms with van der Waals surface area (Å²) >= 11 is 0. The van der Waals surface area contributed by atoms with Crippen LogP contribution < -0.4 is 93.4 Å². The van der Waals surface area contributed by atoms with Gasteiger partial charge in [0.15, 0.2) is 11.6 Å². The summed E-state index contributed by atoms with van der Waals surface area (Å²) in [6.45, 7) is 0. The Balaban J connectivity index is 0.00000241. The molecule has 2 unspecified atom stereocenters. The third kappa shape index (κ3) is 6.03. The smallest absolute Gasteiger partial charge is 0.747 e. The summed E-state index contributed by atoms with van der Waals surface area (Å²) in [4.78, 5) is 20.0. The molecule has 184 valence electrons. The van der Waals surface area contributed by atoms with Crippen molar-refractivity contribution in [2.24, 2.45) is 0 Å². The Morgan fingerprint density at radius 2 is 1.18 bits per heavy atom. The average molecular weight is 608 g/mol. The molecule has 0 N–H and O–H groups in total.